The van der Waals surface area contributed by atoms with Gasteiger partial charge < -0.3 is 15.4 Å². The monoisotopic (exact) mass is 390 g/mol. The number of morpholine rings is 1. The SMILES string of the molecule is O=C(NCCN1CCOCC1)c1ccnc(C(=O)Nc2c(F)cccc2F)c1. The van der Waals surface area contributed by atoms with Crippen molar-refractivity contribution in [3.63, 3.8) is 0 Å². The number of nitrogens with zero attached hydrogens (tertiary/aromatic N) is 2. The first-order valence-corrected chi connectivity index (χ1v) is 8.84. The number of ether oxygens (including phenoxy) is 1. The molecule has 1 fully saturated rings. The average Bonchev–Trinajstić information content (AvgIpc) is 2.71. The van der Waals surface area contributed by atoms with Gasteiger partial charge in [0, 0.05) is 37.9 Å². The molecule has 2 N–H and O–H groups in total. The van der Waals surface area contributed by atoms with Crippen molar-refractivity contribution in [3.8, 4) is 0 Å². The first-order valence-electron chi connectivity index (χ1n) is 8.84. The van der Waals surface area contributed by atoms with Gasteiger partial charge in [0.05, 0.1) is 13.2 Å². The molecule has 0 saturated carbocycles. The normalized spacial score (nSPS) is 14.5. The van der Waals surface area contributed by atoms with Gasteiger partial charge in [-0.15, -0.1) is 0 Å². The molecule has 0 atom stereocenters. The number of hydrogen-bond donors (Lipinski definition) is 2. The Labute approximate surface area is 160 Å². The highest BCUT2D eigenvalue weighted by molar-refractivity contribution is 6.04. The van der Waals surface area contributed by atoms with Crippen molar-refractivity contribution in [2.24, 2.45) is 0 Å². The number of carbonyl (C=O) groups is 2. The fraction of sp³-hybridized carbons (Fsp3) is 0.316. The lowest BCUT2D eigenvalue weighted by Gasteiger charge is -2.26. The summed E-state index contributed by atoms with van der Waals surface area (Å²) in [6.07, 6.45) is 1.30. The van der Waals surface area contributed by atoms with E-state index in [1.807, 2.05) is 0 Å². The Balaban J connectivity index is 1.59. The third-order valence-corrected chi connectivity index (χ3v) is 4.27. The molecule has 1 aromatic heterocycles. The maximum Gasteiger partial charge on any atom is 0.274 e. The predicted octanol–water partition coefficient (Wildman–Crippen LogP) is 1.67. The maximum atomic E-state index is 13.7. The van der Waals surface area contributed by atoms with E-state index in [4.69, 9.17) is 4.74 Å². The van der Waals surface area contributed by atoms with E-state index in [9.17, 15) is 18.4 Å². The Kier molecular flexibility index (Phi) is 6.62. The van der Waals surface area contributed by atoms with Gasteiger partial charge in [-0.25, -0.2) is 8.78 Å². The number of rotatable bonds is 6. The zero-order valence-electron chi connectivity index (χ0n) is 15.1. The second kappa shape index (κ2) is 9.34. The molecular weight excluding hydrogens is 370 g/mol. The number of halogens is 2. The highest BCUT2D eigenvalue weighted by atomic mass is 19.1. The van der Waals surface area contributed by atoms with E-state index >= 15 is 0 Å². The van der Waals surface area contributed by atoms with Gasteiger partial charge in [-0.1, -0.05) is 6.07 Å². The molecule has 0 aliphatic carbocycles. The van der Waals surface area contributed by atoms with Gasteiger partial charge in [0.15, 0.2) is 0 Å². The van der Waals surface area contributed by atoms with Crippen LogP contribution < -0.4 is 10.6 Å². The van der Waals surface area contributed by atoms with Crippen LogP contribution in [0.3, 0.4) is 0 Å². The quantitative estimate of drug-likeness (QED) is 0.784. The van der Waals surface area contributed by atoms with Crippen LogP contribution in [0.1, 0.15) is 20.8 Å². The van der Waals surface area contributed by atoms with Gasteiger partial charge >= 0.3 is 0 Å². The maximum absolute atomic E-state index is 13.7. The van der Waals surface area contributed by atoms with E-state index in [0.717, 1.165) is 25.2 Å². The van der Waals surface area contributed by atoms with E-state index in [1.54, 1.807) is 0 Å². The van der Waals surface area contributed by atoms with Crippen LogP contribution in [0.4, 0.5) is 14.5 Å². The lowest BCUT2D eigenvalue weighted by Crippen LogP contribution is -2.41. The molecule has 3 rings (SSSR count). The largest absolute Gasteiger partial charge is 0.379 e. The highest BCUT2D eigenvalue weighted by Crippen LogP contribution is 2.18. The van der Waals surface area contributed by atoms with Crippen LogP contribution in [-0.2, 0) is 4.74 Å². The molecular formula is C19H20F2N4O3. The average molecular weight is 390 g/mol. The molecule has 1 aromatic carbocycles. The smallest absolute Gasteiger partial charge is 0.274 e. The van der Waals surface area contributed by atoms with Crippen LogP contribution in [0.25, 0.3) is 0 Å². The van der Waals surface area contributed by atoms with E-state index in [2.05, 4.69) is 20.5 Å². The molecule has 9 heteroatoms. The number of hydrogen-bond acceptors (Lipinski definition) is 5. The molecule has 28 heavy (non-hydrogen) atoms. The van der Waals surface area contributed by atoms with Gasteiger partial charge in [-0.2, -0.15) is 0 Å². The number of nitrogens with one attached hydrogen (secondary N) is 2. The van der Waals surface area contributed by atoms with Crippen LogP contribution in [0.5, 0.6) is 0 Å². The van der Waals surface area contributed by atoms with Gasteiger partial charge in [-0.05, 0) is 24.3 Å². The molecule has 1 saturated heterocycles. The second-order valence-electron chi connectivity index (χ2n) is 6.19. The van der Waals surface area contributed by atoms with Crippen molar-refractivity contribution in [1.82, 2.24) is 15.2 Å². The Morgan fingerprint density at radius 1 is 1.11 bits per heavy atom. The van der Waals surface area contributed by atoms with Crippen molar-refractivity contribution < 1.29 is 23.1 Å². The first kappa shape index (κ1) is 19.8. The summed E-state index contributed by atoms with van der Waals surface area (Å²) in [5.74, 6) is -2.97. The number of carbonyl (C=O) groups excluding carboxylic acids is 2. The first-order chi connectivity index (χ1) is 13.5. The number of aromatic nitrogens is 1. The summed E-state index contributed by atoms with van der Waals surface area (Å²) in [4.78, 5) is 30.6. The molecule has 7 nitrogen and oxygen atoms in total. The molecule has 0 unspecified atom stereocenters. The number of amides is 2. The summed E-state index contributed by atoms with van der Waals surface area (Å²) in [6, 6.07) is 6.00. The van der Waals surface area contributed by atoms with Gasteiger partial charge in [-0.3, -0.25) is 19.5 Å². The fourth-order valence-electron chi connectivity index (χ4n) is 2.75. The summed E-state index contributed by atoms with van der Waals surface area (Å²) < 4.78 is 32.6. The van der Waals surface area contributed by atoms with Crippen LogP contribution >= 0.6 is 0 Å². The molecule has 2 heterocycles. The zero-order chi connectivity index (χ0) is 19.9. The zero-order valence-corrected chi connectivity index (χ0v) is 15.1. The van der Waals surface area contributed by atoms with Crippen LogP contribution in [0.2, 0.25) is 0 Å². The molecule has 1 aliphatic heterocycles. The van der Waals surface area contributed by atoms with Crippen molar-refractivity contribution in [3.05, 3.63) is 59.4 Å². The van der Waals surface area contributed by atoms with Crippen LogP contribution in [0, 0.1) is 11.6 Å². The van der Waals surface area contributed by atoms with Crippen molar-refractivity contribution >= 4 is 17.5 Å². The van der Waals surface area contributed by atoms with Gasteiger partial charge in [0.1, 0.15) is 23.0 Å². The minimum atomic E-state index is -0.898. The van der Waals surface area contributed by atoms with Gasteiger partial charge in [0.2, 0.25) is 0 Å². The number of benzene rings is 1. The minimum absolute atomic E-state index is 0.122. The Bertz CT molecular complexity index is 837. The van der Waals surface area contributed by atoms with E-state index < -0.39 is 23.2 Å². The molecule has 2 amide bonds. The van der Waals surface area contributed by atoms with Crippen molar-refractivity contribution in [1.29, 1.82) is 0 Å². The lowest BCUT2D eigenvalue weighted by molar-refractivity contribution is 0.0383. The second-order valence-corrected chi connectivity index (χ2v) is 6.19. The summed E-state index contributed by atoms with van der Waals surface area (Å²) in [5, 5.41) is 4.92. The molecule has 148 valence electrons. The van der Waals surface area contributed by atoms with E-state index in [-0.39, 0.29) is 17.2 Å². The third-order valence-electron chi connectivity index (χ3n) is 4.27. The minimum Gasteiger partial charge on any atom is -0.379 e. The summed E-state index contributed by atoms with van der Waals surface area (Å²) in [7, 11) is 0. The van der Waals surface area contributed by atoms with E-state index in [1.165, 1.54) is 24.4 Å². The highest BCUT2D eigenvalue weighted by Gasteiger charge is 2.16. The topological polar surface area (TPSA) is 83.6 Å². The molecule has 1 aliphatic rings. The van der Waals surface area contributed by atoms with Crippen molar-refractivity contribution in [2.75, 3.05) is 44.7 Å². The van der Waals surface area contributed by atoms with E-state index in [0.29, 0.717) is 26.3 Å². The number of pyridine rings is 1. The molecule has 2 aromatic rings. The number of anilines is 1. The fourth-order valence-corrected chi connectivity index (χ4v) is 2.75. The number of para-hydroxylation sites is 1. The van der Waals surface area contributed by atoms with Crippen LogP contribution in [-0.4, -0.2) is 61.1 Å². The molecule has 0 spiro atoms. The molecule has 0 radical (unpaired) electrons. The Hall–Kier alpha value is -2.91. The van der Waals surface area contributed by atoms with Crippen molar-refractivity contribution in [2.45, 2.75) is 0 Å². The summed E-state index contributed by atoms with van der Waals surface area (Å²) in [6.45, 7) is 4.14. The Morgan fingerprint density at radius 3 is 2.54 bits per heavy atom. The summed E-state index contributed by atoms with van der Waals surface area (Å²) in [5.41, 5.74) is -0.450. The third kappa shape index (κ3) is 5.08. The standard InChI is InChI=1S/C19H20F2N4O3/c20-14-2-1-3-15(21)17(14)24-19(27)16-12-13(4-5-22-16)18(26)23-6-7-25-8-10-28-11-9-25/h1-5,12H,6-11H2,(H,23,26)(H,24,27). The molecule has 0 bridgehead atoms. The predicted molar refractivity (Wildman–Crippen MR) is 98.1 cm³/mol. The summed E-state index contributed by atoms with van der Waals surface area (Å²) >= 11 is 0. The van der Waals surface area contributed by atoms with Gasteiger partial charge in [0.25, 0.3) is 11.8 Å². The van der Waals surface area contributed by atoms with Crippen LogP contribution in [0.15, 0.2) is 36.5 Å². The Morgan fingerprint density at radius 2 is 1.82 bits per heavy atom. The lowest BCUT2D eigenvalue weighted by atomic mass is 10.2.